The lowest BCUT2D eigenvalue weighted by molar-refractivity contribution is 0.0208. The summed E-state index contributed by atoms with van der Waals surface area (Å²) in [6.45, 7) is 4.16. The van der Waals surface area contributed by atoms with Crippen molar-refractivity contribution in [1.82, 2.24) is 15.5 Å². The molecule has 0 aromatic carbocycles. The Balaban J connectivity index is 1.85. The molecule has 1 fully saturated rings. The lowest BCUT2D eigenvalue weighted by Crippen LogP contribution is -2.33. The molecule has 17 heavy (non-hydrogen) atoms. The molecule has 2 aromatic rings. The molecule has 0 spiro atoms. The van der Waals surface area contributed by atoms with Crippen LogP contribution in [0.1, 0.15) is 17.5 Å². The van der Waals surface area contributed by atoms with Gasteiger partial charge in [-0.15, -0.1) is 0 Å². The predicted molar refractivity (Wildman–Crippen MR) is 58.3 cm³/mol. The van der Waals surface area contributed by atoms with E-state index in [0.29, 0.717) is 30.6 Å². The average Bonchev–Trinajstić information content (AvgIpc) is 2.98. The summed E-state index contributed by atoms with van der Waals surface area (Å²) >= 11 is 0. The van der Waals surface area contributed by atoms with Gasteiger partial charge in [0, 0.05) is 18.7 Å². The van der Waals surface area contributed by atoms with Crippen molar-refractivity contribution < 1.29 is 13.7 Å². The Morgan fingerprint density at radius 3 is 3.12 bits per heavy atom. The van der Waals surface area contributed by atoms with Crippen molar-refractivity contribution in [3.8, 4) is 11.7 Å². The highest BCUT2D eigenvalue weighted by Crippen LogP contribution is 2.24. The summed E-state index contributed by atoms with van der Waals surface area (Å²) in [7, 11) is 0. The summed E-state index contributed by atoms with van der Waals surface area (Å²) in [5, 5.41) is 7.14. The van der Waals surface area contributed by atoms with Crippen LogP contribution in [-0.4, -0.2) is 29.8 Å². The van der Waals surface area contributed by atoms with Crippen molar-refractivity contribution in [1.29, 1.82) is 0 Å². The van der Waals surface area contributed by atoms with Gasteiger partial charge in [0.25, 0.3) is 5.89 Å². The molecule has 1 aliphatic heterocycles. The van der Waals surface area contributed by atoms with Gasteiger partial charge in [-0.25, -0.2) is 0 Å². The molecule has 0 saturated carbocycles. The van der Waals surface area contributed by atoms with Crippen LogP contribution in [-0.2, 0) is 4.74 Å². The van der Waals surface area contributed by atoms with Crippen molar-refractivity contribution in [2.24, 2.45) is 0 Å². The summed E-state index contributed by atoms with van der Waals surface area (Å²) < 4.78 is 16.0. The zero-order valence-corrected chi connectivity index (χ0v) is 9.47. The van der Waals surface area contributed by atoms with Crippen molar-refractivity contribution >= 4 is 0 Å². The van der Waals surface area contributed by atoms with E-state index in [1.807, 2.05) is 13.0 Å². The fraction of sp³-hybridized carbons (Fsp3) is 0.455. The van der Waals surface area contributed by atoms with Crippen LogP contribution in [0.2, 0.25) is 0 Å². The SMILES string of the molecule is Cc1ccoc1-c1nc(C2CNCCO2)no1. The second-order valence-electron chi connectivity index (χ2n) is 3.95. The zero-order chi connectivity index (χ0) is 11.7. The molecular weight excluding hydrogens is 222 g/mol. The fourth-order valence-corrected chi connectivity index (χ4v) is 1.78. The number of furan rings is 1. The first-order valence-corrected chi connectivity index (χ1v) is 5.55. The summed E-state index contributed by atoms with van der Waals surface area (Å²) in [4.78, 5) is 4.30. The fourth-order valence-electron chi connectivity index (χ4n) is 1.78. The molecule has 3 heterocycles. The predicted octanol–water partition coefficient (Wildman–Crippen LogP) is 1.30. The molecule has 1 unspecified atom stereocenters. The molecule has 1 aliphatic rings. The summed E-state index contributed by atoms with van der Waals surface area (Å²) in [5.41, 5.74) is 0.975. The first-order chi connectivity index (χ1) is 8.34. The quantitative estimate of drug-likeness (QED) is 0.845. The molecule has 0 aliphatic carbocycles. The number of aromatic nitrogens is 2. The normalized spacial score (nSPS) is 20.6. The van der Waals surface area contributed by atoms with Crippen molar-refractivity contribution in [3.63, 3.8) is 0 Å². The first-order valence-electron chi connectivity index (χ1n) is 5.55. The number of rotatable bonds is 2. The molecule has 0 bridgehead atoms. The molecule has 6 heteroatoms. The third-order valence-corrected chi connectivity index (χ3v) is 2.71. The van der Waals surface area contributed by atoms with E-state index in [1.54, 1.807) is 6.26 Å². The van der Waals surface area contributed by atoms with Crippen molar-refractivity contribution in [2.75, 3.05) is 19.7 Å². The van der Waals surface area contributed by atoms with E-state index in [-0.39, 0.29) is 6.10 Å². The van der Waals surface area contributed by atoms with E-state index in [2.05, 4.69) is 15.5 Å². The molecule has 90 valence electrons. The highest BCUT2D eigenvalue weighted by Gasteiger charge is 2.23. The zero-order valence-electron chi connectivity index (χ0n) is 9.47. The maximum absolute atomic E-state index is 5.55. The number of morpholine rings is 1. The van der Waals surface area contributed by atoms with Crippen LogP contribution in [0.3, 0.4) is 0 Å². The van der Waals surface area contributed by atoms with Crippen LogP contribution in [0.25, 0.3) is 11.7 Å². The monoisotopic (exact) mass is 235 g/mol. The van der Waals surface area contributed by atoms with Crippen LogP contribution in [0.15, 0.2) is 21.3 Å². The van der Waals surface area contributed by atoms with E-state index in [1.165, 1.54) is 0 Å². The minimum absolute atomic E-state index is 0.142. The van der Waals surface area contributed by atoms with Crippen molar-refractivity contribution in [3.05, 3.63) is 23.7 Å². The maximum Gasteiger partial charge on any atom is 0.293 e. The minimum Gasteiger partial charge on any atom is -0.459 e. The number of aryl methyl sites for hydroxylation is 1. The second kappa shape index (κ2) is 4.31. The van der Waals surface area contributed by atoms with Gasteiger partial charge in [0.1, 0.15) is 6.10 Å². The van der Waals surface area contributed by atoms with E-state index < -0.39 is 0 Å². The van der Waals surface area contributed by atoms with Crippen LogP contribution in [0.5, 0.6) is 0 Å². The Morgan fingerprint density at radius 2 is 2.41 bits per heavy atom. The maximum atomic E-state index is 5.55. The average molecular weight is 235 g/mol. The third kappa shape index (κ3) is 1.96. The van der Waals surface area contributed by atoms with Gasteiger partial charge in [0.2, 0.25) is 5.82 Å². The van der Waals surface area contributed by atoms with Crippen LogP contribution < -0.4 is 5.32 Å². The van der Waals surface area contributed by atoms with Gasteiger partial charge in [-0.1, -0.05) is 5.16 Å². The molecule has 0 amide bonds. The standard InChI is InChI=1S/C11H13N3O3/c1-7-2-4-16-9(7)11-13-10(14-17-11)8-6-12-3-5-15-8/h2,4,8,12H,3,5-6H2,1H3. The Labute approximate surface area is 98.0 Å². The highest BCUT2D eigenvalue weighted by molar-refractivity contribution is 5.49. The molecular formula is C11H13N3O3. The molecule has 0 radical (unpaired) electrons. The van der Waals surface area contributed by atoms with Gasteiger partial charge < -0.3 is 19.0 Å². The lowest BCUT2D eigenvalue weighted by Gasteiger charge is -2.20. The van der Waals surface area contributed by atoms with Gasteiger partial charge in [0.15, 0.2) is 5.76 Å². The van der Waals surface area contributed by atoms with Crippen molar-refractivity contribution in [2.45, 2.75) is 13.0 Å². The van der Waals surface area contributed by atoms with Gasteiger partial charge in [0.05, 0.1) is 12.9 Å². The number of ether oxygens (including phenoxy) is 1. The largest absolute Gasteiger partial charge is 0.459 e. The van der Waals surface area contributed by atoms with Gasteiger partial charge in [-0.05, 0) is 13.0 Å². The smallest absolute Gasteiger partial charge is 0.293 e. The van der Waals surface area contributed by atoms with Crippen LogP contribution in [0, 0.1) is 6.92 Å². The van der Waals surface area contributed by atoms with E-state index in [9.17, 15) is 0 Å². The molecule has 1 N–H and O–H groups in total. The number of hydrogen-bond acceptors (Lipinski definition) is 6. The lowest BCUT2D eigenvalue weighted by atomic mass is 10.3. The summed E-state index contributed by atoms with van der Waals surface area (Å²) in [6.07, 6.45) is 1.46. The number of nitrogens with zero attached hydrogens (tertiary/aromatic N) is 2. The summed E-state index contributed by atoms with van der Waals surface area (Å²) in [5.74, 6) is 1.58. The second-order valence-corrected chi connectivity index (χ2v) is 3.95. The molecule has 3 rings (SSSR count). The Hall–Kier alpha value is -1.66. The summed E-state index contributed by atoms with van der Waals surface area (Å²) in [6, 6.07) is 1.86. The minimum atomic E-state index is -0.142. The van der Waals surface area contributed by atoms with E-state index >= 15 is 0 Å². The molecule has 6 nitrogen and oxygen atoms in total. The van der Waals surface area contributed by atoms with Crippen LogP contribution >= 0.6 is 0 Å². The Kier molecular flexibility index (Phi) is 2.66. The first kappa shape index (κ1) is 10.5. The molecule has 2 aromatic heterocycles. The highest BCUT2D eigenvalue weighted by atomic mass is 16.5. The molecule has 1 atom stereocenters. The van der Waals surface area contributed by atoms with Crippen LogP contribution in [0.4, 0.5) is 0 Å². The van der Waals surface area contributed by atoms with Gasteiger partial charge >= 0.3 is 0 Å². The topological polar surface area (TPSA) is 73.3 Å². The molecule has 1 saturated heterocycles. The number of hydrogen-bond donors (Lipinski definition) is 1. The van der Waals surface area contributed by atoms with Gasteiger partial charge in [-0.3, -0.25) is 0 Å². The van der Waals surface area contributed by atoms with E-state index in [4.69, 9.17) is 13.7 Å². The third-order valence-electron chi connectivity index (χ3n) is 2.71. The van der Waals surface area contributed by atoms with E-state index in [0.717, 1.165) is 12.1 Å². The van der Waals surface area contributed by atoms with Gasteiger partial charge in [-0.2, -0.15) is 4.98 Å². The number of nitrogens with one attached hydrogen (secondary N) is 1. The Morgan fingerprint density at radius 1 is 1.47 bits per heavy atom. The Bertz CT molecular complexity index is 500.